The SMILES string of the molecule is CC(C)C1(c2cc(Cl)ccc2C(=O)N2CCC(F)(F)CC2)C=CN=N1. The average Bonchev–Trinajstić information content (AvgIpc) is 3.05. The number of hydrogen-bond donors (Lipinski definition) is 0. The average molecular weight is 368 g/mol. The second-order valence-electron chi connectivity index (χ2n) is 6.85. The summed E-state index contributed by atoms with van der Waals surface area (Å²) in [7, 11) is 0. The molecule has 1 aromatic carbocycles. The van der Waals surface area contributed by atoms with Gasteiger partial charge in [-0.3, -0.25) is 4.79 Å². The molecule has 4 nitrogen and oxygen atoms in total. The van der Waals surface area contributed by atoms with Crippen LogP contribution >= 0.6 is 11.6 Å². The molecule has 134 valence electrons. The number of halogens is 3. The van der Waals surface area contributed by atoms with Gasteiger partial charge < -0.3 is 4.90 Å². The third kappa shape index (κ3) is 3.32. The van der Waals surface area contributed by atoms with Crippen molar-refractivity contribution >= 4 is 17.5 Å². The van der Waals surface area contributed by atoms with Crippen molar-refractivity contribution in [2.45, 2.75) is 38.2 Å². The van der Waals surface area contributed by atoms with Crippen LogP contribution in [0.2, 0.25) is 5.02 Å². The van der Waals surface area contributed by atoms with Gasteiger partial charge in [-0.2, -0.15) is 10.2 Å². The standard InChI is InChI=1S/C18H20ClF2N3O/c1-12(2)18(5-8-22-23-18)15-11-13(19)3-4-14(15)16(25)24-9-6-17(20,21)7-10-24/h3-5,8,11-12H,6-7,9-10H2,1-2H3. The van der Waals surface area contributed by atoms with E-state index in [4.69, 9.17) is 11.6 Å². The van der Waals surface area contributed by atoms with E-state index in [0.29, 0.717) is 16.1 Å². The van der Waals surface area contributed by atoms with Crippen LogP contribution in [0.5, 0.6) is 0 Å². The second-order valence-corrected chi connectivity index (χ2v) is 7.29. The Balaban J connectivity index is 1.99. The van der Waals surface area contributed by atoms with Crippen molar-refractivity contribution in [3.05, 3.63) is 46.6 Å². The number of likely N-dealkylation sites (tertiary alicyclic amines) is 1. The maximum absolute atomic E-state index is 13.4. The Hall–Kier alpha value is -1.82. The molecular formula is C18H20ClF2N3O. The number of carbonyl (C=O) groups excluding carboxylic acids is 1. The van der Waals surface area contributed by atoms with Gasteiger partial charge in [0.2, 0.25) is 0 Å². The molecule has 0 radical (unpaired) electrons. The van der Waals surface area contributed by atoms with Gasteiger partial charge in [0.05, 0.1) is 0 Å². The summed E-state index contributed by atoms with van der Waals surface area (Å²) < 4.78 is 26.8. The van der Waals surface area contributed by atoms with Crippen LogP contribution in [0.3, 0.4) is 0 Å². The number of carbonyl (C=O) groups is 1. The number of piperidine rings is 1. The molecule has 0 spiro atoms. The quantitative estimate of drug-likeness (QED) is 0.737. The van der Waals surface area contributed by atoms with Gasteiger partial charge in [0.1, 0.15) is 5.54 Å². The molecule has 1 aromatic rings. The van der Waals surface area contributed by atoms with Crippen molar-refractivity contribution in [2.24, 2.45) is 16.1 Å². The van der Waals surface area contributed by atoms with E-state index in [1.807, 2.05) is 19.9 Å². The summed E-state index contributed by atoms with van der Waals surface area (Å²) in [5.74, 6) is -2.91. The van der Waals surface area contributed by atoms with Gasteiger partial charge >= 0.3 is 0 Å². The molecule has 0 aliphatic carbocycles. The van der Waals surface area contributed by atoms with Crippen LogP contribution in [0.4, 0.5) is 8.78 Å². The Labute approximate surface area is 150 Å². The maximum Gasteiger partial charge on any atom is 0.254 e. The summed E-state index contributed by atoms with van der Waals surface area (Å²) in [5.41, 5.74) is 0.332. The summed E-state index contributed by atoms with van der Waals surface area (Å²) in [6.45, 7) is 4.07. The molecule has 1 saturated heterocycles. The number of nitrogens with zero attached hydrogens (tertiary/aromatic N) is 3. The van der Waals surface area contributed by atoms with Crippen LogP contribution in [0.15, 0.2) is 40.7 Å². The summed E-state index contributed by atoms with van der Waals surface area (Å²) in [5, 5.41) is 8.82. The fraction of sp³-hybridized carbons (Fsp3) is 0.500. The van der Waals surface area contributed by atoms with E-state index in [2.05, 4.69) is 10.2 Å². The molecule has 25 heavy (non-hydrogen) atoms. The zero-order valence-electron chi connectivity index (χ0n) is 14.2. The molecule has 1 atom stereocenters. The highest BCUT2D eigenvalue weighted by Gasteiger charge is 2.41. The minimum atomic E-state index is -2.69. The van der Waals surface area contributed by atoms with Gasteiger partial charge in [-0.05, 0) is 35.8 Å². The summed E-state index contributed by atoms with van der Waals surface area (Å²) >= 11 is 6.17. The lowest BCUT2D eigenvalue weighted by Crippen LogP contribution is -2.43. The molecule has 1 fully saturated rings. The molecule has 2 aliphatic heterocycles. The highest BCUT2D eigenvalue weighted by Crippen LogP contribution is 2.42. The van der Waals surface area contributed by atoms with Crippen LogP contribution in [-0.4, -0.2) is 29.8 Å². The van der Waals surface area contributed by atoms with E-state index in [9.17, 15) is 13.6 Å². The fourth-order valence-corrected chi connectivity index (χ4v) is 3.49. The van der Waals surface area contributed by atoms with E-state index in [1.54, 1.807) is 24.4 Å². The van der Waals surface area contributed by atoms with Crippen molar-refractivity contribution in [3.8, 4) is 0 Å². The number of alkyl halides is 2. The Morgan fingerprint density at radius 2 is 1.96 bits per heavy atom. The molecule has 0 aromatic heterocycles. The highest BCUT2D eigenvalue weighted by molar-refractivity contribution is 6.30. The van der Waals surface area contributed by atoms with E-state index in [-0.39, 0.29) is 37.8 Å². The van der Waals surface area contributed by atoms with Crippen LogP contribution in [0.1, 0.15) is 42.6 Å². The number of amides is 1. The van der Waals surface area contributed by atoms with Gasteiger partial charge in [-0.1, -0.05) is 25.4 Å². The highest BCUT2D eigenvalue weighted by atomic mass is 35.5. The van der Waals surface area contributed by atoms with Crippen LogP contribution in [0.25, 0.3) is 0 Å². The Morgan fingerprint density at radius 1 is 1.28 bits per heavy atom. The molecule has 2 heterocycles. The first-order valence-electron chi connectivity index (χ1n) is 8.32. The first-order chi connectivity index (χ1) is 11.8. The van der Waals surface area contributed by atoms with Crippen LogP contribution < -0.4 is 0 Å². The number of azo groups is 1. The zero-order chi connectivity index (χ0) is 18.2. The van der Waals surface area contributed by atoms with Gasteiger partial charge in [-0.25, -0.2) is 8.78 Å². The molecule has 3 rings (SSSR count). The van der Waals surface area contributed by atoms with Crippen LogP contribution in [-0.2, 0) is 5.54 Å². The maximum atomic E-state index is 13.4. The van der Waals surface area contributed by atoms with Gasteiger partial charge in [-0.15, -0.1) is 0 Å². The predicted molar refractivity (Wildman–Crippen MR) is 92.0 cm³/mol. The molecule has 1 unspecified atom stereocenters. The summed E-state index contributed by atoms with van der Waals surface area (Å²) in [6, 6.07) is 5.02. The van der Waals surface area contributed by atoms with Gasteiger partial charge in [0.15, 0.2) is 0 Å². The monoisotopic (exact) mass is 367 g/mol. The molecule has 7 heteroatoms. The van der Waals surface area contributed by atoms with Crippen molar-refractivity contribution < 1.29 is 13.6 Å². The summed E-state index contributed by atoms with van der Waals surface area (Å²) in [4.78, 5) is 14.5. The molecule has 0 bridgehead atoms. The van der Waals surface area contributed by atoms with Crippen LogP contribution in [0, 0.1) is 5.92 Å². The first kappa shape index (κ1) is 18.0. The number of benzene rings is 1. The predicted octanol–water partition coefficient (Wildman–Crippen LogP) is 5.04. The Bertz CT molecular complexity index is 724. The molecule has 0 saturated carbocycles. The van der Waals surface area contributed by atoms with Crippen molar-refractivity contribution in [3.63, 3.8) is 0 Å². The summed E-state index contributed by atoms with van der Waals surface area (Å²) in [6.07, 6.45) is 2.84. The molecular weight excluding hydrogens is 348 g/mol. The van der Waals surface area contributed by atoms with E-state index in [1.165, 1.54) is 4.90 Å². The van der Waals surface area contributed by atoms with E-state index < -0.39 is 11.5 Å². The minimum absolute atomic E-state index is 0.0416. The topological polar surface area (TPSA) is 45.0 Å². The molecule has 2 aliphatic rings. The van der Waals surface area contributed by atoms with Crippen molar-refractivity contribution in [1.82, 2.24) is 4.90 Å². The smallest absolute Gasteiger partial charge is 0.254 e. The van der Waals surface area contributed by atoms with Crippen molar-refractivity contribution in [1.29, 1.82) is 0 Å². The lowest BCUT2D eigenvalue weighted by Gasteiger charge is -2.34. The lowest BCUT2D eigenvalue weighted by atomic mass is 9.78. The molecule has 0 N–H and O–H groups in total. The third-order valence-electron chi connectivity index (χ3n) is 4.92. The third-order valence-corrected chi connectivity index (χ3v) is 5.16. The second kappa shape index (κ2) is 6.48. The normalized spacial score (nSPS) is 25.0. The van der Waals surface area contributed by atoms with Gasteiger partial charge in [0.25, 0.3) is 11.8 Å². The van der Waals surface area contributed by atoms with E-state index >= 15 is 0 Å². The fourth-order valence-electron chi connectivity index (χ4n) is 3.31. The minimum Gasteiger partial charge on any atom is -0.338 e. The van der Waals surface area contributed by atoms with E-state index in [0.717, 1.165) is 0 Å². The lowest BCUT2D eigenvalue weighted by molar-refractivity contribution is -0.0494. The Morgan fingerprint density at radius 3 is 2.52 bits per heavy atom. The van der Waals surface area contributed by atoms with Crippen molar-refractivity contribution in [2.75, 3.05) is 13.1 Å². The van der Waals surface area contributed by atoms with Gasteiger partial charge in [0, 0.05) is 42.7 Å². The number of rotatable bonds is 3. The largest absolute Gasteiger partial charge is 0.338 e. The molecule has 1 amide bonds. The number of hydrogen-bond acceptors (Lipinski definition) is 3. The zero-order valence-corrected chi connectivity index (χ0v) is 14.9. The Kier molecular flexibility index (Phi) is 4.66. The first-order valence-corrected chi connectivity index (χ1v) is 8.70.